The van der Waals surface area contributed by atoms with Crippen LogP contribution >= 0.6 is 11.3 Å². The summed E-state index contributed by atoms with van der Waals surface area (Å²) in [5.74, 6) is 0.351. The van der Waals surface area contributed by atoms with Crippen molar-refractivity contribution in [3.63, 3.8) is 0 Å². The lowest BCUT2D eigenvalue weighted by atomic mass is 10.2. The zero-order valence-corrected chi connectivity index (χ0v) is 11.8. The van der Waals surface area contributed by atoms with Gasteiger partial charge in [-0.1, -0.05) is 6.92 Å². The number of hydrogen-bond donors (Lipinski definition) is 1. The van der Waals surface area contributed by atoms with Crippen molar-refractivity contribution in [3.8, 4) is 5.75 Å². The van der Waals surface area contributed by atoms with E-state index in [9.17, 15) is 4.39 Å². The maximum Gasteiger partial charge on any atom is 0.127 e. The quantitative estimate of drug-likeness (QED) is 0.836. The first kappa shape index (κ1) is 14.0. The summed E-state index contributed by atoms with van der Waals surface area (Å²) in [6, 6.07) is 6.94. The highest BCUT2D eigenvalue weighted by Gasteiger charge is 2.02. The van der Waals surface area contributed by atoms with Crippen molar-refractivity contribution in [2.45, 2.75) is 19.9 Å². The third kappa shape index (κ3) is 4.65. The van der Waals surface area contributed by atoms with Crippen LogP contribution in [0.3, 0.4) is 0 Å². The minimum atomic E-state index is -0.249. The van der Waals surface area contributed by atoms with E-state index in [-0.39, 0.29) is 5.82 Å². The maximum absolute atomic E-state index is 13.4. The molecule has 1 aromatic heterocycles. The van der Waals surface area contributed by atoms with Crippen molar-refractivity contribution < 1.29 is 9.13 Å². The van der Waals surface area contributed by atoms with Crippen molar-refractivity contribution in [2.75, 3.05) is 13.2 Å². The number of benzene rings is 1. The summed E-state index contributed by atoms with van der Waals surface area (Å²) in [7, 11) is 0. The molecule has 102 valence electrons. The van der Waals surface area contributed by atoms with Crippen LogP contribution < -0.4 is 10.1 Å². The molecule has 0 aliphatic carbocycles. The van der Waals surface area contributed by atoms with Gasteiger partial charge in [0.1, 0.15) is 11.6 Å². The molecule has 0 aliphatic rings. The minimum Gasteiger partial charge on any atom is -0.493 e. The van der Waals surface area contributed by atoms with Crippen LogP contribution in [0.4, 0.5) is 4.39 Å². The van der Waals surface area contributed by atoms with Gasteiger partial charge in [0.2, 0.25) is 0 Å². The average Bonchev–Trinajstić information content (AvgIpc) is 2.89. The fourth-order valence-electron chi connectivity index (χ4n) is 1.80. The molecule has 0 unspecified atom stereocenters. The Labute approximate surface area is 117 Å². The van der Waals surface area contributed by atoms with Crippen LogP contribution in [0.2, 0.25) is 0 Å². The number of nitrogens with one attached hydrogen (secondary N) is 1. The fourth-order valence-corrected chi connectivity index (χ4v) is 2.50. The first-order chi connectivity index (χ1) is 9.28. The predicted octanol–water partition coefficient (Wildman–Crippen LogP) is 3.62. The smallest absolute Gasteiger partial charge is 0.127 e. The van der Waals surface area contributed by atoms with Crippen molar-refractivity contribution in [1.29, 1.82) is 0 Å². The summed E-state index contributed by atoms with van der Waals surface area (Å²) < 4.78 is 19.1. The van der Waals surface area contributed by atoms with Gasteiger partial charge in [-0.25, -0.2) is 4.39 Å². The van der Waals surface area contributed by atoms with Crippen LogP contribution in [0.25, 0.3) is 0 Å². The van der Waals surface area contributed by atoms with Crippen molar-refractivity contribution in [3.05, 3.63) is 52.0 Å². The molecule has 1 aromatic carbocycles. The van der Waals surface area contributed by atoms with Crippen LogP contribution in [0.1, 0.15) is 18.1 Å². The van der Waals surface area contributed by atoms with Gasteiger partial charge in [0, 0.05) is 19.0 Å². The Balaban J connectivity index is 1.90. The van der Waals surface area contributed by atoms with Gasteiger partial charge in [0.05, 0.1) is 6.61 Å². The molecule has 2 nitrogen and oxygen atoms in total. The van der Waals surface area contributed by atoms with Gasteiger partial charge in [-0.2, -0.15) is 11.3 Å². The highest BCUT2D eigenvalue weighted by atomic mass is 32.1. The summed E-state index contributed by atoms with van der Waals surface area (Å²) in [6.07, 6.45) is 0.850. The van der Waals surface area contributed by atoms with Gasteiger partial charge in [-0.15, -0.1) is 0 Å². The highest BCUT2D eigenvalue weighted by Crippen LogP contribution is 2.17. The van der Waals surface area contributed by atoms with Gasteiger partial charge in [-0.3, -0.25) is 0 Å². The Morgan fingerprint density at radius 3 is 2.89 bits per heavy atom. The third-order valence-electron chi connectivity index (χ3n) is 2.75. The van der Waals surface area contributed by atoms with E-state index in [1.165, 1.54) is 17.7 Å². The number of hydrogen-bond acceptors (Lipinski definition) is 3. The van der Waals surface area contributed by atoms with Gasteiger partial charge < -0.3 is 10.1 Å². The molecule has 0 spiro atoms. The lowest BCUT2D eigenvalue weighted by molar-refractivity contribution is 0.320. The molecule has 4 heteroatoms. The number of rotatable bonds is 7. The molecule has 0 saturated carbocycles. The highest BCUT2D eigenvalue weighted by molar-refractivity contribution is 7.07. The lowest BCUT2D eigenvalue weighted by Gasteiger charge is -2.08. The molecule has 0 fully saturated rings. The topological polar surface area (TPSA) is 21.3 Å². The summed E-state index contributed by atoms with van der Waals surface area (Å²) in [6.45, 7) is 4.12. The van der Waals surface area contributed by atoms with Crippen molar-refractivity contribution in [1.82, 2.24) is 5.32 Å². The second-order valence-electron chi connectivity index (χ2n) is 4.31. The van der Waals surface area contributed by atoms with Crippen LogP contribution in [-0.4, -0.2) is 13.2 Å². The molecule has 19 heavy (non-hydrogen) atoms. The molecule has 0 amide bonds. The summed E-state index contributed by atoms with van der Waals surface area (Å²) in [4.78, 5) is 0. The normalized spacial score (nSPS) is 10.6. The van der Waals surface area contributed by atoms with E-state index >= 15 is 0 Å². The van der Waals surface area contributed by atoms with Gasteiger partial charge in [0.15, 0.2) is 0 Å². The van der Waals surface area contributed by atoms with E-state index in [1.807, 2.05) is 18.4 Å². The molecule has 0 saturated heterocycles. The molecular formula is C15H18FNOS. The molecular weight excluding hydrogens is 261 g/mol. The second-order valence-corrected chi connectivity index (χ2v) is 5.09. The van der Waals surface area contributed by atoms with E-state index in [0.717, 1.165) is 18.5 Å². The molecule has 0 radical (unpaired) electrons. The predicted molar refractivity (Wildman–Crippen MR) is 77.3 cm³/mol. The number of thiophene rings is 1. The zero-order chi connectivity index (χ0) is 13.5. The number of ether oxygens (including phenoxy) is 1. The Morgan fingerprint density at radius 1 is 1.26 bits per heavy atom. The van der Waals surface area contributed by atoms with Crippen LogP contribution in [-0.2, 0) is 13.0 Å². The fraction of sp³-hybridized carbons (Fsp3) is 0.333. The summed E-state index contributed by atoms with van der Waals surface area (Å²) >= 11 is 1.68. The van der Waals surface area contributed by atoms with Gasteiger partial charge in [0.25, 0.3) is 0 Å². The maximum atomic E-state index is 13.4. The first-order valence-electron chi connectivity index (χ1n) is 6.42. The van der Waals surface area contributed by atoms with Crippen LogP contribution in [0.15, 0.2) is 35.0 Å². The Morgan fingerprint density at radius 2 is 2.16 bits per heavy atom. The Hall–Kier alpha value is -1.39. The van der Waals surface area contributed by atoms with Gasteiger partial charge in [-0.05, 0) is 46.6 Å². The molecule has 1 heterocycles. The third-order valence-corrected chi connectivity index (χ3v) is 3.48. The largest absolute Gasteiger partial charge is 0.493 e. The van der Waals surface area contributed by atoms with Gasteiger partial charge >= 0.3 is 0 Å². The van der Waals surface area contributed by atoms with E-state index < -0.39 is 0 Å². The first-order valence-corrected chi connectivity index (χ1v) is 7.36. The van der Waals surface area contributed by atoms with Crippen LogP contribution in [0.5, 0.6) is 5.75 Å². The zero-order valence-electron chi connectivity index (χ0n) is 11.0. The van der Waals surface area contributed by atoms with E-state index in [2.05, 4.69) is 16.8 Å². The molecule has 1 N–H and O–H groups in total. The second kappa shape index (κ2) is 7.26. The van der Waals surface area contributed by atoms with E-state index in [4.69, 9.17) is 4.74 Å². The van der Waals surface area contributed by atoms with E-state index in [1.54, 1.807) is 11.3 Å². The Bertz CT molecular complexity index is 499. The minimum absolute atomic E-state index is 0.249. The standard InChI is InChI=1S/C15H18FNOS/c1-2-17-10-13-7-14(16)9-15(8-13)18-5-3-12-4-6-19-11-12/h4,6-9,11,17H,2-3,5,10H2,1H3. The van der Waals surface area contributed by atoms with E-state index in [0.29, 0.717) is 18.9 Å². The van der Waals surface area contributed by atoms with Crippen molar-refractivity contribution >= 4 is 11.3 Å². The SMILES string of the molecule is CCNCc1cc(F)cc(OCCc2ccsc2)c1. The summed E-state index contributed by atoms with van der Waals surface area (Å²) in [5.41, 5.74) is 2.17. The van der Waals surface area contributed by atoms with Crippen molar-refractivity contribution in [2.24, 2.45) is 0 Å². The lowest BCUT2D eigenvalue weighted by Crippen LogP contribution is -2.12. The molecule has 2 rings (SSSR count). The van der Waals surface area contributed by atoms with Crippen LogP contribution in [0, 0.1) is 5.82 Å². The monoisotopic (exact) mass is 279 g/mol. The Kier molecular flexibility index (Phi) is 5.36. The number of halogens is 1. The molecule has 2 aromatic rings. The summed E-state index contributed by atoms with van der Waals surface area (Å²) in [5, 5.41) is 7.33. The molecule has 0 atom stereocenters. The molecule has 0 aliphatic heterocycles. The average molecular weight is 279 g/mol. The molecule has 0 bridgehead atoms.